The Balaban J connectivity index is 1.86. The maximum atomic E-state index is 11.8. The zero-order valence-corrected chi connectivity index (χ0v) is 12.9. The Bertz CT molecular complexity index is 608. The highest BCUT2D eigenvalue weighted by Gasteiger charge is 2.03. The lowest BCUT2D eigenvalue weighted by molar-refractivity contribution is 0.251. The second kappa shape index (κ2) is 7.14. The van der Waals surface area contributed by atoms with Crippen molar-refractivity contribution in [2.75, 3.05) is 5.32 Å². The number of carbonyl (C=O) groups excluding carboxylic acids is 1. The SMILES string of the molecule is CC(C)c1ccc(CNC(=O)Nc2cccc(Cl)c2)cc1. The van der Waals surface area contributed by atoms with Crippen molar-refractivity contribution in [3.8, 4) is 0 Å². The first kappa shape index (κ1) is 15.4. The van der Waals surface area contributed by atoms with Crippen LogP contribution in [-0.2, 0) is 6.54 Å². The van der Waals surface area contributed by atoms with E-state index in [1.165, 1.54) is 5.56 Å². The van der Waals surface area contributed by atoms with Crippen molar-refractivity contribution in [3.05, 3.63) is 64.7 Å². The first-order valence-corrected chi connectivity index (χ1v) is 7.31. The molecule has 0 aliphatic rings. The number of hydrogen-bond acceptors (Lipinski definition) is 1. The van der Waals surface area contributed by atoms with Gasteiger partial charge in [-0.15, -0.1) is 0 Å². The quantitative estimate of drug-likeness (QED) is 0.838. The minimum Gasteiger partial charge on any atom is -0.334 e. The summed E-state index contributed by atoms with van der Waals surface area (Å²) < 4.78 is 0. The summed E-state index contributed by atoms with van der Waals surface area (Å²) in [6, 6.07) is 15.1. The van der Waals surface area contributed by atoms with Crippen LogP contribution in [0.3, 0.4) is 0 Å². The minimum absolute atomic E-state index is 0.245. The lowest BCUT2D eigenvalue weighted by Gasteiger charge is -2.09. The summed E-state index contributed by atoms with van der Waals surface area (Å²) in [6.07, 6.45) is 0. The van der Waals surface area contributed by atoms with E-state index in [0.29, 0.717) is 23.2 Å². The molecular formula is C17H19ClN2O. The van der Waals surface area contributed by atoms with E-state index in [1.807, 2.05) is 12.1 Å². The van der Waals surface area contributed by atoms with E-state index in [-0.39, 0.29) is 6.03 Å². The summed E-state index contributed by atoms with van der Waals surface area (Å²) in [7, 11) is 0. The number of rotatable bonds is 4. The molecule has 0 aromatic heterocycles. The van der Waals surface area contributed by atoms with Gasteiger partial charge >= 0.3 is 6.03 Å². The molecule has 0 bridgehead atoms. The maximum absolute atomic E-state index is 11.8. The van der Waals surface area contributed by atoms with Gasteiger partial charge in [0, 0.05) is 17.3 Å². The van der Waals surface area contributed by atoms with E-state index in [4.69, 9.17) is 11.6 Å². The number of urea groups is 1. The molecule has 2 rings (SSSR count). The Morgan fingerprint density at radius 3 is 2.48 bits per heavy atom. The second-order valence-corrected chi connectivity index (χ2v) is 5.65. The summed E-state index contributed by atoms with van der Waals surface area (Å²) in [5, 5.41) is 6.17. The molecule has 0 fully saturated rings. The van der Waals surface area contributed by atoms with Gasteiger partial charge < -0.3 is 10.6 Å². The molecule has 0 radical (unpaired) electrons. The predicted octanol–water partition coefficient (Wildman–Crippen LogP) is 4.79. The van der Waals surface area contributed by atoms with Crippen LogP contribution >= 0.6 is 11.6 Å². The maximum Gasteiger partial charge on any atom is 0.319 e. The highest BCUT2D eigenvalue weighted by atomic mass is 35.5. The second-order valence-electron chi connectivity index (χ2n) is 5.21. The fourth-order valence-corrected chi connectivity index (χ4v) is 2.13. The third kappa shape index (κ3) is 4.80. The smallest absolute Gasteiger partial charge is 0.319 e. The molecule has 110 valence electrons. The first-order valence-electron chi connectivity index (χ1n) is 6.94. The summed E-state index contributed by atoms with van der Waals surface area (Å²) in [5.74, 6) is 0.512. The van der Waals surface area contributed by atoms with Crippen molar-refractivity contribution >= 4 is 23.3 Å². The number of halogens is 1. The average molecular weight is 303 g/mol. The molecule has 0 aliphatic carbocycles. The van der Waals surface area contributed by atoms with Crippen molar-refractivity contribution in [3.63, 3.8) is 0 Å². The van der Waals surface area contributed by atoms with Crippen molar-refractivity contribution in [1.29, 1.82) is 0 Å². The van der Waals surface area contributed by atoms with Gasteiger partial charge in [0.05, 0.1) is 0 Å². The molecule has 0 saturated carbocycles. The van der Waals surface area contributed by atoms with E-state index < -0.39 is 0 Å². The third-order valence-corrected chi connectivity index (χ3v) is 3.42. The summed E-state index contributed by atoms with van der Waals surface area (Å²) >= 11 is 5.87. The molecule has 21 heavy (non-hydrogen) atoms. The van der Waals surface area contributed by atoms with Crippen LogP contribution < -0.4 is 10.6 Å². The molecule has 0 heterocycles. The lowest BCUT2D eigenvalue weighted by atomic mass is 10.0. The Hall–Kier alpha value is -2.00. The van der Waals surface area contributed by atoms with Crippen molar-refractivity contribution < 1.29 is 4.79 Å². The van der Waals surface area contributed by atoms with Gasteiger partial charge in [0.15, 0.2) is 0 Å². The van der Waals surface area contributed by atoms with E-state index in [0.717, 1.165) is 5.56 Å². The highest BCUT2D eigenvalue weighted by Crippen LogP contribution is 2.15. The predicted molar refractivity (Wildman–Crippen MR) is 87.8 cm³/mol. The number of anilines is 1. The molecule has 2 N–H and O–H groups in total. The fraction of sp³-hybridized carbons (Fsp3) is 0.235. The molecule has 4 heteroatoms. The number of nitrogens with one attached hydrogen (secondary N) is 2. The van der Waals surface area contributed by atoms with Gasteiger partial charge in [-0.1, -0.05) is 55.8 Å². The van der Waals surface area contributed by atoms with Crippen molar-refractivity contribution in [1.82, 2.24) is 5.32 Å². The standard InChI is InChI=1S/C17H19ClN2O/c1-12(2)14-8-6-13(7-9-14)11-19-17(21)20-16-5-3-4-15(18)10-16/h3-10,12H,11H2,1-2H3,(H2,19,20,21). The zero-order valence-electron chi connectivity index (χ0n) is 12.2. The number of hydrogen-bond donors (Lipinski definition) is 2. The molecule has 0 unspecified atom stereocenters. The Kier molecular flexibility index (Phi) is 5.23. The molecule has 2 aromatic rings. The molecule has 3 nitrogen and oxygen atoms in total. The Morgan fingerprint density at radius 1 is 1.14 bits per heavy atom. The number of amides is 2. The minimum atomic E-state index is -0.245. The summed E-state index contributed by atoms with van der Waals surface area (Å²) in [5.41, 5.74) is 3.04. The van der Waals surface area contributed by atoms with Crippen LogP contribution in [0.25, 0.3) is 0 Å². The zero-order chi connectivity index (χ0) is 15.2. The van der Waals surface area contributed by atoms with Crippen LogP contribution in [0, 0.1) is 0 Å². The molecular weight excluding hydrogens is 284 g/mol. The number of carbonyl (C=O) groups is 1. The van der Waals surface area contributed by atoms with Crippen LogP contribution in [0.4, 0.5) is 10.5 Å². The monoisotopic (exact) mass is 302 g/mol. The van der Waals surface area contributed by atoms with Gasteiger partial charge in [0.2, 0.25) is 0 Å². The normalized spacial score (nSPS) is 10.5. The van der Waals surface area contributed by atoms with Crippen molar-refractivity contribution in [2.24, 2.45) is 0 Å². The topological polar surface area (TPSA) is 41.1 Å². The van der Waals surface area contributed by atoms with Gasteiger partial charge in [-0.3, -0.25) is 0 Å². The molecule has 0 spiro atoms. The Morgan fingerprint density at radius 2 is 1.86 bits per heavy atom. The average Bonchev–Trinajstić information content (AvgIpc) is 2.45. The summed E-state index contributed by atoms with van der Waals surface area (Å²) in [6.45, 7) is 4.81. The van der Waals surface area contributed by atoms with Crippen LogP contribution in [0.15, 0.2) is 48.5 Å². The van der Waals surface area contributed by atoms with Crippen LogP contribution in [0.1, 0.15) is 30.9 Å². The van der Waals surface area contributed by atoms with Crippen LogP contribution in [0.5, 0.6) is 0 Å². The molecule has 0 atom stereocenters. The Labute approximate surface area is 130 Å². The fourth-order valence-electron chi connectivity index (χ4n) is 1.94. The first-order chi connectivity index (χ1) is 10.0. The third-order valence-electron chi connectivity index (χ3n) is 3.18. The van der Waals surface area contributed by atoms with Gasteiger partial charge in [0.25, 0.3) is 0 Å². The van der Waals surface area contributed by atoms with Crippen LogP contribution in [0.2, 0.25) is 5.02 Å². The van der Waals surface area contributed by atoms with Gasteiger partial charge in [0.1, 0.15) is 0 Å². The lowest BCUT2D eigenvalue weighted by Crippen LogP contribution is -2.28. The van der Waals surface area contributed by atoms with Gasteiger partial charge in [-0.2, -0.15) is 0 Å². The molecule has 0 aliphatic heterocycles. The largest absolute Gasteiger partial charge is 0.334 e. The van der Waals surface area contributed by atoms with Crippen LogP contribution in [-0.4, -0.2) is 6.03 Å². The van der Waals surface area contributed by atoms with Gasteiger partial charge in [-0.25, -0.2) is 4.79 Å². The van der Waals surface area contributed by atoms with Gasteiger partial charge in [-0.05, 0) is 35.2 Å². The summed E-state index contributed by atoms with van der Waals surface area (Å²) in [4.78, 5) is 11.8. The number of benzene rings is 2. The molecule has 2 amide bonds. The molecule has 2 aromatic carbocycles. The van der Waals surface area contributed by atoms with E-state index in [9.17, 15) is 4.79 Å². The molecule has 0 saturated heterocycles. The van der Waals surface area contributed by atoms with E-state index in [2.05, 4.69) is 36.6 Å². The van der Waals surface area contributed by atoms with E-state index in [1.54, 1.807) is 24.3 Å². The van der Waals surface area contributed by atoms with Crippen molar-refractivity contribution in [2.45, 2.75) is 26.3 Å². The van der Waals surface area contributed by atoms with E-state index >= 15 is 0 Å². The highest BCUT2D eigenvalue weighted by molar-refractivity contribution is 6.30.